The molecule has 0 aromatic carbocycles. The molecule has 18 heavy (non-hydrogen) atoms. The Morgan fingerprint density at radius 1 is 1.44 bits per heavy atom. The van der Waals surface area contributed by atoms with Gasteiger partial charge in [-0.05, 0) is 0 Å². The monoisotopic (exact) mass is 291 g/mol. The first-order chi connectivity index (χ1) is 8.15. The summed E-state index contributed by atoms with van der Waals surface area (Å²) >= 11 is 0. The summed E-state index contributed by atoms with van der Waals surface area (Å²) < 4.78 is 51.8. The molecule has 0 spiro atoms. The summed E-state index contributed by atoms with van der Waals surface area (Å²) in [4.78, 5) is 13.8. The van der Waals surface area contributed by atoms with Crippen LogP contribution in [-0.4, -0.2) is 56.2 Å². The van der Waals surface area contributed by atoms with Crippen LogP contribution in [0, 0.1) is 4.78 Å². The van der Waals surface area contributed by atoms with Gasteiger partial charge in [0, 0.05) is 19.4 Å². The first kappa shape index (κ1) is 18.6. The lowest BCUT2D eigenvalue weighted by molar-refractivity contribution is -0.137. The van der Waals surface area contributed by atoms with Gasteiger partial charge in [0.1, 0.15) is 6.54 Å². The Morgan fingerprint density at radius 2 is 1.83 bits per heavy atom. The number of alkyl halides is 3. The molecule has 11 heteroatoms. The summed E-state index contributed by atoms with van der Waals surface area (Å²) in [5, 5.41) is 8.37. The van der Waals surface area contributed by atoms with Crippen LogP contribution in [0.3, 0.4) is 0 Å². The molecule has 1 heterocycles. The molecule has 1 rings (SSSR count). The second kappa shape index (κ2) is 10.4. The van der Waals surface area contributed by atoms with Gasteiger partial charge in [-0.3, -0.25) is 4.79 Å². The predicted molar refractivity (Wildman–Crippen MR) is 54.9 cm³/mol. The van der Waals surface area contributed by atoms with Gasteiger partial charge in [0.15, 0.2) is 0 Å². The van der Waals surface area contributed by atoms with Crippen molar-refractivity contribution in [3.8, 4) is 0 Å². The molecule has 0 unspecified atom stereocenters. The first-order valence-electron chi connectivity index (χ1n) is 4.22. The highest BCUT2D eigenvalue weighted by molar-refractivity contribution is 7.60. The normalized spacial score (nSPS) is 12.5. The van der Waals surface area contributed by atoms with Crippen LogP contribution in [0.15, 0.2) is 12.4 Å². The lowest BCUT2D eigenvalue weighted by Gasteiger charge is -2.14. The molecule has 0 radical (unpaired) electrons. The van der Waals surface area contributed by atoms with Gasteiger partial charge in [-0.25, -0.2) is 0 Å². The van der Waals surface area contributed by atoms with Crippen molar-refractivity contribution in [2.24, 2.45) is 0 Å². The molecule has 0 atom stereocenters. The van der Waals surface area contributed by atoms with Gasteiger partial charge in [0.25, 0.3) is 0 Å². The van der Waals surface area contributed by atoms with E-state index in [1.54, 1.807) is 11.1 Å². The van der Waals surface area contributed by atoms with Crippen molar-refractivity contribution in [2.45, 2.75) is 6.68 Å². The van der Waals surface area contributed by atoms with Crippen molar-refractivity contribution in [2.75, 3.05) is 20.3 Å². The van der Waals surface area contributed by atoms with Gasteiger partial charge in [-0.2, -0.15) is 26.4 Å². The summed E-state index contributed by atoms with van der Waals surface area (Å²) in [5.74, 6) is -0.792. The fourth-order valence-electron chi connectivity index (χ4n) is 0.865. The lowest BCUT2D eigenvalue weighted by atomic mass is 10.6. The molecule has 0 bridgehead atoms. The summed E-state index contributed by atoms with van der Waals surface area (Å²) in [6, 6.07) is 0. The van der Waals surface area contributed by atoms with Crippen molar-refractivity contribution >= 4 is 16.5 Å². The average Bonchev–Trinajstić information content (AvgIpc) is 2.47. The van der Waals surface area contributed by atoms with Gasteiger partial charge < -0.3 is 14.9 Å². The number of carbonyl (C=O) groups is 1. The Bertz CT molecular complexity index is 363. The summed E-state index contributed by atoms with van der Waals surface area (Å²) in [6.07, 6.45) is 3.62. The van der Waals surface area contributed by atoms with Gasteiger partial charge in [-0.1, -0.05) is 0 Å². The minimum Gasteiger partial charge on any atom is -0.480 e. The molecular weight excluding hydrogens is 279 g/mol. The van der Waals surface area contributed by atoms with Crippen LogP contribution in [0.4, 0.5) is 13.2 Å². The molecule has 0 saturated heterocycles. The number of halogens is 3. The SMILES string of the molecule is CN1C=CN(CC(=O)O)C1.FC(F)F.N=S(=O)=O. The molecule has 106 valence electrons. The number of hydrogen-bond donors (Lipinski definition) is 2. The van der Waals surface area contributed by atoms with E-state index in [-0.39, 0.29) is 6.54 Å². The molecule has 1 aliphatic rings. The molecule has 0 aliphatic carbocycles. The number of nitrogens with zero attached hydrogens (tertiary/aromatic N) is 2. The fourth-order valence-corrected chi connectivity index (χ4v) is 0.865. The van der Waals surface area contributed by atoms with Gasteiger partial charge in [0.2, 0.25) is 0 Å². The number of carboxylic acids is 1. The van der Waals surface area contributed by atoms with E-state index in [4.69, 9.17) is 18.3 Å². The summed E-state index contributed by atoms with van der Waals surface area (Å²) in [7, 11) is -0.710. The fraction of sp³-hybridized carbons (Fsp3) is 0.571. The largest absolute Gasteiger partial charge is 0.480 e. The van der Waals surface area contributed by atoms with E-state index in [9.17, 15) is 18.0 Å². The van der Waals surface area contributed by atoms with Crippen molar-refractivity contribution in [1.82, 2.24) is 9.80 Å². The number of aliphatic carboxylic acids is 1. The number of carboxylic acid groups (broad SMARTS) is 1. The van der Waals surface area contributed by atoms with E-state index in [0.717, 1.165) is 0 Å². The van der Waals surface area contributed by atoms with Crippen LogP contribution in [0.25, 0.3) is 0 Å². The molecule has 7 nitrogen and oxygen atoms in total. The maximum absolute atomic E-state index is 10.2. The highest BCUT2D eigenvalue weighted by atomic mass is 32.2. The van der Waals surface area contributed by atoms with E-state index in [2.05, 4.69) is 0 Å². The minimum atomic E-state index is -3.67. The van der Waals surface area contributed by atoms with Crippen LogP contribution in [-0.2, 0) is 15.3 Å². The van der Waals surface area contributed by atoms with Crippen molar-refractivity contribution in [3.63, 3.8) is 0 Å². The number of nitrogens with one attached hydrogen (secondary N) is 1. The van der Waals surface area contributed by atoms with E-state index >= 15 is 0 Å². The van der Waals surface area contributed by atoms with E-state index in [0.29, 0.717) is 6.67 Å². The van der Waals surface area contributed by atoms with Gasteiger partial charge >= 0.3 is 23.1 Å². The smallest absolute Gasteiger partial charge is 0.379 e. The minimum absolute atomic E-state index is 0.0842. The molecule has 1 aliphatic heterocycles. The topological polar surface area (TPSA) is 102 Å². The van der Waals surface area contributed by atoms with Crippen molar-refractivity contribution in [1.29, 1.82) is 4.78 Å². The third kappa shape index (κ3) is 19.7. The quantitative estimate of drug-likeness (QED) is 0.770. The van der Waals surface area contributed by atoms with Gasteiger partial charge in [0.05, 0.1) is 6.67 Å². The molecule has 0 fully saturated rings. The zero-order chi connectivity index (χ0) is 14.7. The second-order valence-corrected chi connectivity index (χ2v) is 3.29. The third-order valence-corrected chi connectivity index (χ3v) is 1.28. The Labute approximate surface area is 103 Å². The van der Waals surface area contributed by atoms with Crippen LogP contribution < -0.4 is 0 Å². The molecule has 2 N–H and O–H groups in total. The van der Waals surface area contributed by atoms with Crippen LogP contribution in [0.5, 0.6) is 0 Å². The highest BCUT2D eigenvalue weighted by Crippen LogP contribution is 2.01. The van der Waals surface area contributed by atoms with Crippen LogP contribution >= 0.6 is 0 Å². The van der Waals surface area contributed by atoms with Crippen LogP contribution in [0.2, 0.25) is 0 Å². The summed E-state index contributed by atoms with van der Waals surface area (Å²) in [5.41, 5.74) is 0. The molecular formula is C7H12F3N3O4S. The van der Waals surface area contributed by atoms with E-state index < -0.39 is 23.1 Å². The number of rotatable bonds is 2. The summed E-state index contributed by atoms with van der Waals surface area (Å²) in [6.45, 7) is -2.91. The molecule has 0 aromatic heterocycles. The Kier molecular flexibility index (Phi) is 10.7. The van der Waals surface area contributed by atoms with E-state index in [1.807, 2.05) is 18.1 Å². The Balaban J connectivity index is 0. The maximum Gasteiger partial charge on any atom is 0.379 e. The molecule has 0 saturated carbocycles. The lowest BCUT2D eigenvalue weighted by Crippen LogP contribution is -2.27. The average molecular weight is 291 g/mol. The first-order valence-corrected chi connectivity index (χ1v) is 5.29. The van der Waals surface area contributed by atoms with Crippen molar-refractivity contribution < 1.29 is 31.5 Å². The molecule has 0 amide bonds. The standard InChI is InChI=1S/C6H10N2O2.CHF3.HNO2S/c1-7-2-3-8(5-7)4-6(9)10;2-1(3)4;1-4(2)3/h2-3H,4-5H2,1H3,(H,9,10);2*1H. The maximum atomic E-state index is 10.2. The zero-order valence-electron chi connectivity index (χ0n) is 9.25. The van der Waals surface area contributed by atoms with Crippen LogP contribution in [0.1, 0.15) is 0 Å². The third-order valence-electron chi connectivity index (χ3n) is 1.28. The Morgan fingerprint density at radius 3 is 2.06 bits per heavy atom. The second-order valence-electron chi connectivity index (χ2n) is 2.82. The van der Waals surface area contributed by atoms with Crippen molar-refractivity contribution in [3.05, 3.63) is 12.4 Å². The van der Waals surface area contributed by atoms with E-state index in [1.165, 1.54) is 0 Å². The van der Waals surface area contributed by atoms with Gasteiger partial charge in [-0.15, -0.1) is 0 Å². The zero-order valence-corrected chi connectivity index (χ0v) is 10.1. The Hall–Kier alpha value is -1.78. The molecule has 0 aromatic rings. The highest BCUT2D eigenvalue weighted by Gasteiger charge is 2.10. The predicted octanol–water partition coefficient (Wildman–Crippen LogP) is 0.553. The number of hydrogen-bond acceptors (Lipinski definition) is 6.